The van der Waals surface area contributed by atoms with Crippen molar-refractivity contribution in [3.63, 3.8) is 0 Å². The zero-order chi connectivity index (χ0) is 38.5. The number of aromatic nitrogens is 2. The van der Waals surface area contributed by atoms with Gasteiger partial charge in [-0.25, -0.2) is 0 Å². The number of benzene rings is 4. The topological polar surface area (TPSA) is 141 Å². The molecule has 274 valence electrons. The standard InChI is InChI=1S/C24H30N2O3Si.C18H16N2O3/c1-17-21(16-13-18-11-14-19(15-12-18)26(27)28)25-22-10-8-7-9-20(22)23(17)29-30(5,6)24(2,3)4;1-12-16(19-17-5-3-2-4-15(17)18(12)21)11-8-13-6-9-14(10-7-13)20(22)23/h7-12,14-15H,13,16H2,1-6H3;2-7,9-10H,8,11H2,1H3,(H,19,21). The first-order valence-corrected chi connectivity index (χ1v) is 20.6. The van der Waals surface area contributed by atoms with Gasteiger partial charge in [0.25, 0.3) is 19.7 Å². The second-order valence-corrected chi connectivity index (χ2v) is 19.6. The maximum atomic E-state index is 12.4. The molecule has 6 aromatic rings. The van der Waals surface area contributed by atoms with Gasteiger partial charge in [0.1, 0.15) is 5.75 Å². The highest BCUT2D eigenvalue weighted by molar-refractivity contribution is 6.74. The first-order chi connectivity index (χ1) is 25.1. The van der Waals surface area contributed by atoms with E-state index in [1.165, 1.54) is 12.1 Å². The number of nitro groups is 2. The summed E-state index contributed by atoms with van der Waals surface area (Å²) in [7, 11) is -2.01. The van der Waals surface area contributed by atoms with Crippen molar-refractivity contribution in [2.45, 2.75) is 78.4 Å². The van der Waals surface area contributed by atoms with Crippen molar-refractivity contribution in [3.8, 4) is 5.75 Å². The van der Waals surface area contributed by atoms with Crippen LogP contribution < -0.4 is 9.85 Å². The smallest absolute Gasteiger partial charge is 0.269 e. The van der Waals surface area contributed by atoms with Crippen LogP contribution in [0.3, 0.4) is 0 Å². The van der Waals surface area contributed by atoms with Gasteiger partial charge in [0.2, 0.25) is 0 Å². The number of H-pyrrole nitrogens is 1. The molecule has 0 aliphatic rings. The van der Waals surface area contributed by atoms with Crippen LogP contribution >= 0.6 is 0 Å². The number of rotatable bonds is 10. The number of nitro benzene ring substituents is 2. The number of aromatic amines is 1. The number of fused-ring (bicyclic) bond motifs is 2. The largest absolute Gasteiger partial charge is 0.543 e. The summed E-state index contributed by atoms with van der Waals surface area (Å²) in [5, 5.41) is 23.4. The summed E-state index contributed by atoms with van der Waals surface area (Å²) < 4.78 is 6.77. The molecule has 53 heavy (non-hydrogen) atoms. The molecule has 0 aliphatic heterocycles. The second kappa shape index (κ2) is 15.9. The van der Waals surface area contributed by atoms with Crippen LogP contribution in [-0.4, -0.2) is 28.1 Å². The number of nitrogens with zero attached hydrogens (tertiary/aromatic N) is 3. The number of nitrogens with one attached hydrogen (secondary N) is 1. The number of hydrogen-bond donors (Lipinski definition) is 1. The minimum absolute atomic E-state index is 0.0537. The van der Waals surface area contributed by atoms with Crippen LogP contribution in [0, 0.1) is 34.1 Å². The molecule has 0 bridgehead atoms. The third kappa shape index (κ3) is 9.04. The van der Waals surface area contributed by atoms with E-state index in [9.17, 15) is 25.0 Å². The van der Waals surface area contributed by atoms with Crippen LogP contribution in [-0.2, 0) is 25.7 Å². The summed E-state index contributed by atoms with van der Waals surface area (Å²) >= 11 is 0. The first-order valence-electron chi connectivity index (χ1n) is 17.7. The molecule has 0 fully saturated rings. The average Bonchev–Trinajstić information content (AvgIpc) is 3.13. The number of aryl methyl sites for hydroxylation is 4. The molecular formula is C42H46N4O6Si. The summed E-state index contributed by atoms with van der Waals surface area (Å²) in [6, 6.07) is 28.9. The molecule has 0 saturated heterocycles. The van der Waals surface area contributed by atoms with Crippen LogP contribution in [0.5, 0.6) is 5.75 Å². The lowest BCUT2D eigenvalue weighted by molar-refractivity contribution is -0.385. The Labute approximate surface area is 310 Å². The summed E-state index contributed by atoms with van der Waals surface area (Å²) in [4.78, 5) is 41.4. The predicted octanol–water partition coefficient (Wildman–Crippen LogP) is 10.2. The van der Waals surface area contributed by atoms with Crippen molar-refractivity contribution in [2.24, 2.45) is 0 Å². The SMILES string of the molecule is Cc1c(CCc2ccc([N+](=O)[O-])cc2)[nH]c2ccccc2c1=O.Cc1c(CCc2ccc([N+](=O)[O-])cc2)nc2ccccc2c1O[Si](C)(C)C(C)(C)C. The molecule has 0 saturated carbocycles. The summed E-state index contributed by atoms with van der Waals surface area (Å²) in [6.07, 6.45) is 2.92. The molecule has 1 N–H and O–H groups in total. The molecule has 6 rings (SSSR count). The van der Waals surface area contributed by atoms with Gasteiger partial charge in [-0.05, 0) is 93.1 Å². The maximum absolute atomic E-state index is 12.4. The molecule has 0 radical (unpaired) electrons. The lowest BCUT2D eigenvalue weighted by Crippen LogP contribution is -2.44. The fourth-order valence-corrected chi connectivity index (χ4v) is 6.92. The van der Waals surface area contributed by atoms with E-state index in [1.54, 1.807) is 24.3 Å². The van der Waals surface area contributed by atoms with Gasteiger partial charge in [-0.15, -0.1) is 0 Å². The highest BCUT2D eigenvalue weighted by Crippen LogP contribution is 2.41. The van der Waals surface area contributed by atoms with Gasteiger partial charge in [-0.1, -0.05) is 69.3 Å². The first kappa shape index (κ1) is 38.5. The molecule has 0 aliphatic carbocycles. The predicted molar refractivity (Wildman–Crippen MR) is 215 cm³/mol. The van der Waals surface area contributed by atoms with E-state index in [-0.39, 0.29) is 26.8 Å². The Balaban J connectivity index is 0.000000211. The summed E-state index contributed by atoms with van der Waals surface area (Å²) in [6.45, 7) is 15.2. The van der Waals surface area contributed by atoms with E-state index in [0.29, 0.717) is 18.2 Å². The Hall–Kier alpha value is -5.68. The number of para-hydroxylation sites is 2. The van der Waals surface area contributed by atoms with Crippen molar-refractivity contribution in [2.75, 3.05) is 0 Å². The van der Waals surface area contributed by atoms with Crippen LogP contribution in [0.4, 0.5) is 11.4 Å². The third-order valence-electron chi connectivity index (χ3n) is 10.2. The van der Waals surface area contributed by atoms with Crippen molar-refractivity contribution < 1.29 is 14.3 Å². The molecular weight excluding hydrogens is 685 g/mol. The van der Waals surface area contributed by atoms with E-state index < -0.39 is 13.2 Å². The Bertz CT molecular complexity index is 2330. The Morgan fingerprint density at radius 1 is 0.698 bits per heavy atom. The van der Waals surface area contributed by atoms with Gasteiger partial charge in [-0.3, -0.25) is 30.0 Å². The average molecular weight is 731 g/mol. The molecule has 0 spiro atoms. The highest BCUT2D eigenvalue weighted by atomic mass is 28.4. The number of pyridine rings is 2. The van der Waals surface area contributed by atoms with Crippen molar-refractivity contribution in [3.05, 3.63) is 161 Å². The van der Waals surface area contributed by atoms with Crippen LogP contribution in [0.15, 0.2) is 102 Å². The normalized spacial score (nSPS) is 11.6. The molecule has 0 amide bonds. The van der Waals surface area contributed by atoms with E-state index >= 15 is 0 Å². The molecule has 10 nitrogen and oxygen atoms in total. The Morgan fingerprint density at radius 2 is 1.21 bits per heavy atom. The number of hydrogen-bond acceptors (Lipinski definition) is 7. The number of non-ortho nitro benzene ring substituents is 2. The van der Waals surface area contributed by atoms with Gasteiger partial charge in [0.05, 0.1) is 15.4 Å². The Kier molecular flexibility index (Phi) is 11.6. The van der Waals surface area contributed by atoms with Gasteiger partial charge in [0, 0.05) is 63.1 Å². The summed E-state index contributed by atoms with van der Waals surface area (Å²) in [5.41, 5.74) is 7.83. The zero-order valence-electron chi connectivity index (χ0n) is 31.4. The molecule has 11 heteroatoms. The van der Waals surface area contributed by atoms with Crippen LogP contribution in [0.1, 0.15) is 54.4 Å². The van der Waals surface area contributed by atoms with Crippen LogP contribution in [0.25, 0.3) is 21.8 Å². The lowest BCUT2D eigenvalue weighted by atomic mass is 10.0. The lowest BCUT2D eigenvalue weighted by Gasteiger charge is -2.37. The van der Waals surface area contributed by atoms with Crippen molar-refractivity contribution >= 4 is 41.5 Å². The molecule has 4 aromatic carbocycles. The van der Waals surface area contributed by atoms with E-state index in [2.05, 4.69) is 51.8 Å². The fourth-order valence-electron chi connectivity index (χ4n) is 5.84. The van der Waals surface area contributed by atoms with E-state index in [1.807, 2.05) is 61.5 Å². The molecule has 2 aromatic heterocycles. The van der Waals surface area contributed by atoms with Gasteiger partial charge in [0.15, 0.2) is 5.43 Å². The monoisotopic (exact) mass is 730 g/mol. The van der Waals surface area contributed by atoms with E-state index in [0.717, 1.165) is 68.7 Å². The Morgan fingerprint density at radius 3 is 1.75 bits per heavy atom. The minimum atomic E-state index is -2.01. The van der Waals surface area contributed by atoms with Crippen LogP contribution in [0.2, 0.25) is 18.1 Å². The second-order valence-electron chi connectivity index (χ2n) is 14.8. The van der Waals surface area contributed by atoms with E-state index in [4.69, 9.17) is 9.41 Å². The molecule has 2 heterocycles. The van der Waals surface area contributed by atoms with Crippen molar-refractivity contribution in [1.82, 2.24) is 9.97 Å². The minimum Gasteiger partial charge on any atom is -0.543 e. The quantitative estimate of drug-likeness (QED) is 0.0840. The van der Waals surface area contributed by atoms with Gasteiger partial charge < -0.3 is 9.41 Å². The van der Waals surface area contributed by atoms with Gasteiger partial charge in [-0.2, -0.15) is 0 Å². The fraction of sp³-hybridized carbons (Fsp3) is 0.286. The van der Waals surface area contributed by atoms with Crippen molar-refractivity contribution in [1.29, 1.82) is 0 Å². The molecule has 0 atom stereocenters. The summed E-state index contributed by atoms with van der Waals surface area (Å²) in [5.74, 6) is 0.950. The third-order valence-corrected chi connectivity index (χ3v) is 14.5. The highest BCUT2D eigenvalue weighted by Gasteiger charge is 2.39. The molecule has 0 unspecified atom stereocenters. The van der Waals surface area contributed by atoms with Gasteiger partial charge >= 0.3 is 0 Å². The maximum Gasteiger partial charge on any atom is 0.269 e. The zero-order valence-corrected chi connectivity index (χ0v) is 32.4.